The number of unbranched alkanes of at least 4 members (excludes halogenated alkanes) is 1. The van der Waals surface area contributed by atoms with E-state index in [2.05, 4.69) is 12.2 Å². The van der Waals surface area contributed by atoms with E-state index in [-0.39, 0.29) is 31.3 Å². The number of benzene rings is 2. The van der Waals surface area contributed by atoms with Gasteiger partial charge in [0.15, 0.2) is 0 Å². The van der Waals surface area contributed by atoms with Crippen LogP contribution in [0.5, 0.6) is 0 Å². The Kier molecular flexibility index (Phi) is 11.9. The van der Waals surface area contributed by atoms with Crippen LogP contribution in [-0.4, -0.2) is 50.5 Å². The molecule has 0 saturated carbocycles. The van der Waals surface area contributed by atoms with E-state index in [1.54, 1.807) is 17.0 Å². The van der Waals surface area contributed by atoms with Gasteiger partial charge >= 0.3 is 0 Å². The molecule has 0 spiro atoms. The first-order valence-corrected chi connectivity index (χ1v) is 15.1. The average Bonchev–Trinajstić information content (AvgIpc) is 2.84. The average molecular weight is 550 g/mol. The highest BCUT2D eigenvalue weighted by Gasteiger charge is 2.29. The van der Waals surface area contributed by atoms with Gasteiger partial charge in [0.1, 0.15) is 6.04 Å². The zero-order valence-electron chi connectivity index (χ0n) is 22.6. The standard InChI is InChI=1S/C28H40ClN3O4S/c1-6-8-18-30-28(34)25(7-2)31(20-23-14-9-10-15-24(23)29)27(33)17-12-19-32(37(5,35)36)26-16-11-13-21(3)22(26)4/h9-11,13-16,25H,6-8,12,17-20H2,1-5H3,(H,30,34)/t25-/m1/s1. The van der Waals surface area contributed by atoms with E-state index in [0.29, 0.717) is 30.1 Å². The molecule has 0 heterocycles. The van der Waals surface area contributed by atoms with Gasteiger partial charge in [0.2, 0.25) is 21.8 Å². The minimum atomic E-state index is -3.55. The Morgan fingerprint density at radius 3 is 2.35 bits per heavy atom. The van der Waals surface area contributed by atoms with Crippen molar-refractivity contribution in [3.05, 3.63) is 64.2 Å². The fraction of sp³-hybridized carbons (Fsp3) is 0.500. The third kappa shape index (κ3) is 8.75. The van der Waals surface area contributed by atoms with Gasteiger partial charge in [-0.15, -0.1) is 0 Å². The number of hydrogen-bond acceptors (Lipinski definition) is 4. The Morgan fingerprint density at radius 1 is 1.03 bits per heavy atom. The number of anilines is 1. The van der Waals surface area contributed by atoms with Crippen molar-refractivity contribution < 1.29 is 18.0 Å². The van der Waals surface area contributed by atoms with E-state index < -0.39 is 16.1 Å². The Labute approximate surface area is 227 Å². The first-order valence-electron chi connectivity index (χ1n) is 12.9. The molecule has 0 aliphatic carbocycles. The van der Waals surface area contributed by atoms with E-state index in [4.69, 9.17) is 11.6 Å². The van der Waals surface area contributed by atoms with Gasteiger partial charge < -0.3 is 10.2 Å². The predicted molar refractivity (Wildman–Crippen MR) is 151 cm³/mol. The molecule has 1 N–H and O–H groups in total. The third-order valence-electron chi connectivity index (χ3n) is 6.51. The molecule has 0 bridgehead atoms. The van der Waals surface area contributed by atoms with Gasteiger partial charge in [0, 0.05) is 31.1 Å². The van der Waals surface area contributed by atoms with Gasteiger partial charge in [-0.3, -0.25) is 13.9 Å². The molecule has 2 amide bonds. The first-order chi connectivity index (χ1) is 17.5. The molecule has 1 atom stereocenters. The normalized spacial score (nSPS) is 12.2. The van der Waals surface area contributed by atoms with E-state index in [0.717, 1.165) is 29.5 Å². The molecule has 2 aromatic carbocycles. The summed E-state index contributed by atoms with van der Waals surface area (Å²) in [4.78, 5) is 28.1. The van der Waals surface area contributed by atoms with Crippen molar-refractivity contribution in [2.45, 2.75) is 72.4 Å². The lowest BCUT2D eigenvalue weighted by atomic mass is 10.1. The summed E-state index contributed by atoms with van der Waals surface area (Å²) < 4.78 is 26.6. The SMILES string of the molecule is CCCCNC(=O)[C@@H](CC)N(Cc1ccccc1Cl)C(=O)CCCN(c1cccc(C)c1C)S(C)(=O)=O. The maximum atomic E-state index is 13.5. The monoisotopic (exact) mass is 549 g/mol. The molecule has 2 rings (SSSR count). The highest BCUT2D eigenvalue weighted by atomic mass is 35.5. The number of amides is 2. The molecule has 0 radical (unpaired) electrons. The van der Waals surface area contributed by atoms with Crippen LogP contribution in [0.25, 0.3) is 0 Å². The number of carbonyl (C=O) groups is 2. The quantitative estimate of drug-likeness (QED) is 0.327. The van der Waals surface area contributed by atoms with Crippen LogP contribution >= 0.6 is 11.6 Å². The minimum absolute atomic E-state index is 0.0973. The molecule has 0 fully saturated rings. The van der Waals surface area contributed by atoms with Crippen molar-refractivity contribution in [3.63, 3.8) is 0 Å². The molecule has 9 heteroatoms. The van der Waals surface area contributed by atoms with Gasteiger partial charge in [0.05, 0.1) is 11.9 Å². The van der Waals surface area contributed by atoms with E-state index in [1.165, 1.54) is 10.6 Å². The van der Waals surface area contributed by atoms with Crippen LogP contribution in [0.2, 0.25) is 5.02 Å². The molecule has 204 valence electrons. The Balaban J connectivity index is 2.24. The number of hydrogen-bond donors (Lipinski definition) is 1. The van der Waals surface area contributed by atoms with Crippen molar-refractivity contribution in [3.8, 4) is 0 Å². The van der Waals surface area contributed by atoms with Crippen LogP contribution < -0.4 is 9.62 Å². The topological polar surface area (TPSA) is 86.8 Å². The number of halogens is 1. The van der Waals surface area contributed by atoms with E-state index >= 15 is 0 Å². The Bertz CT molecular complexity index is 1170. The largest absolute Gasteiger partial charge is 0.354 e. The number of rotatable bonds is 14. The van der Waals surface area contributed by atoms with Gasteiger partial charge in [0.25, 0.3) is 0 Å². The molecule has 7 nitrogen and oxygen atoms in total. The lowest BCUT2D eigenvalue weighted by Gasteiger charge is -2.31. The second-order valence-corrected chi connectivity index (χ2v) is 11.7. The summed E-state index contributed by atoms with van der Waals surface area (Å²) in [6, 6.07) is 12.2. The van der Waals surface area contributed by atoms with Crippen molar-refractivity contribution >= 4 is 39.1 Å². The molecule has 37 heavy (non-hydrogen) atoms. The number of carbonyl (C=O) groups excluding carboxylic acids is 2. The lowest BCUT2D eigenvalue weighted by molar-refractivity contribution is -0.141. The maximum Gasteiger partial charge on any atom is 0.242 e. The highest BCUT2D eigenvalue weighted by molar-refractivity contribution is 7.92. The number of aryl methyl sites for hydroxylation is 1. The van der Waals surface area contributed by atoms with Gasteiger partial charge in [-0.2, -0.15) is 0 Å². The predicted octanol–water partition coefficient (Wildman–Crippen LogP) is 5.23. The molecular formula is C28H40ClN3O4S. The highest BCUT2D eigenvalue weighted by Crippen LogP contribution is 2.26. The van der Waals surface area contributed by atoms with Crippen LogP contribution in [0.15, 0.2) is 42.5 Å². The van der Waals surface area contributed by atoms with Gasteiger partial charge in [-0.1, -0.05) is 62.2 Å². The van der Waals surface area contributed by atoms with Crippen molar-refractivity contribution in [1.29, 1.82) is 0 Å². The zero-order chi connectivity index (χ0) is 27.6. The van der Waals surface area contributed by atoms with Gasteiger partial charge in [-0.25, -0.2) is 8.42 Å². The summed E-state index contributed by atoms with van der Waals surface area (Å²) >= 11 is 6.38. The summed E-state index contributed by atoms with van der Waals surface area (Å²) in [7, 11) is -3.55. The van der Waals surface area contributed by atoms with Crippen molar-refractivity contribution in [2.75, 3.05) is 23.7 Å². The molecule has 0 aliphatic heterocycles. The first kappa shape index (κ1) is 30.6. The van der Waals surface area contributed by atoms with E-state index in [1.807, 2.05) is 51.1 Å². The van der Waals surface area contributed by atoms with Crippen LogP contribution in [0, 0.1) is 13.8 Å². The summed E-state index contributed by atoms with van der Waals surface area (Å²) in [5.74, 6) is -0.406. The zero-order valence-corrected chi connectivity index (χ0v) is 24.2. The summed E-state index contributed by atoms with van der Waals surface area (Å²) in [5, 5.41) is 3.47. The third-order valence-corrected chi connectivity index (χ3v) is 8.06. The molecule has 0 saturated heterocycles. The number of nitrogens with one attached hydrogen (secondary N) is 1. The Morgan fingerprint density at radius 2 is 1.73 bits per heavy atom. The minimum Gasteiger partial charge on any atom is -0.354 e. The summed E-state index contributed by atoms with van der Waals surface area (Å²) in [6.07, 6.45) is 3.85. The fourth-order valence-corrected chi connectivity index (χ4v) is 5.44. The van der Waals surface area contributed by atoms with Crippen LogP contribution in [-0.2, 0) is 26.2 Å². The summed E-state index contributed by atoms with van der Waals surface area (Å²) in [6.45, 7) is 8.67. The smallest absolute Gasteiger partial charge is 0.242 e. The van der Waals surface area contributed by atoms with Crippen LogP contribution in [0.4, 0.5) is 5.69 Å². The molecule has 0 unspecified atom stereocenters. The second kappa shape index (κ2) is 14.4. The molecule has 2 aromatic rings. The lowest BCUT2D eigenvalue weighted by Crippen LogP contribution is -2.49. The molecular weight excluding hydrogens is 510 g/mol. The molecule has 0 aliphatic rings. The van der Waals surface area contributed by atoms with E-state index in [9.17, 15) is 18.0 Å². The maximum absolute atomic E-state index is 13.5. The summed E-state index contributed by atoms with van der Waals surface area (Å²) in [5.41, 5.74) is 3.25. The van der Waals surface area contributed by atoms with Crippen LogP contribution in [0.3, 0.4) is 0 Å². The van der Waals surface area contributed by atoms with Crippen molar-refractivity contribution in [2.24, 2.45) is 0 Å². The second-order valence-electron chi connectivity index (χ2n) is 9.34. The molecule has 0 aromatic heterocycles. The van der Waals surface area contributed by atoms with Crippen molar-refractivity contribution in [1.82, 2.24) is 10.2 Å². The number of nitrogens with zero attached hydrogens (tertiary/aromatic N) is 2. The Hall–Kier alpha value is -2.58. The van der Waals surface area contributed by atoms with Crippen LogP contribution in [0.1, 0.15) is 62.6 Å². The van der Waals surface area contributed by atoms with Gasteiger partial charge in [-0.05, 0) is 61.9 Å². The fourth-order valence-electron chi connectivity index (χ4n) is 4.22. The number of sulfonamides is 1.